The summed E-state index contributed by atoms with van der Waals surface area (Å²) in [4.78, 5) is 10.9. The van der Waals surface area contributed by atoms with Crippen LogP contribution in [0.1, 0.15) is 5.56 Å². The fourth-order valence-corrected chi connectivity index (χ4v) is 1.36. The summed E-state index contributed by atoms with van der Waals surface area (Å²) in [6, 6.07) is 7.01. The Balaban J connectivity index is 3.06. The van der Waals surface area contributed by atoms with Crippen LogP contribution in [0, 0.1) is 11.3 Å². The number of carbonyl (C=O) groups is 1. The maximum atomic E-state index is 10.9. The maximum Gasteiger partial charge on any atom is 0.411 e. The molecule has 0 saturated heterocycles. The maximum absolute atomic E-state index is 10.9. The number of nitrogens with zero attached hydrogens (tertiary/aromatic N) is 1. The fourth-order valence-electron chi connectivity index (χ4n) is 0.897. The van der Waals surface area contributed by atoms with Crippen LogP contribution < -0.4 is 5.32 Å². The molecule has 0 aliphatic rings. The minimum absolute atomic E-state index is 0.379. The van der Waals surface area contributed by atoms with Gasteiger partial charge < -0.3 is 4.74 Å². The SMILES string of the molecule is COC(=O)Nc1c(Br)cccc1C#N. The number of hydrogen-bond donors (Lipinski definition) is 1. The molecule has 5 heteroatoms. The summed E-state index contributed by atoms with van der Waals surface area (Å²) in [6.45, 7) is 0. The van der Waals surface area contributed by atoms with Crippen molar-refractivity contribution in [2.75, 3.05) is 12.4 Å². The van der Waals surface area contributed by atoms with Gasteiger partial charge in [0, 0.05) is 4.47 Å². The molecule has 0 atom stereocenters. The highest BCUT2D eigenvalue weighted by molar-refractivity contribution is 9.10. The van der Waals surface area contributed by atoms with Crippen molar-refractivity contribution < 1.29 is 9.53 Å². The van der Waals surface area contributed by atoms with E-state index in [2.05, 4.69) is 26.0 Å². The Bertz CT molecular complexity index is 398. The average Bonchev–Trinajstić information content (AvgIpc) is 2.20. The van der Waals surface area contributed by atoms with Crippen molar-refractivity contribution in [2.45, 2.75) is 0 Å². The number of anilines is 1. The number of hydrogen-bond acceptors (Lipinski definition) is 3. The highest BCUT2D eigenvalue weighted by Crippen LogP contribution is 2.25. The second kappa shape index (κ2) is 4.63. The first-order valence-electron chi connectivity index (χ1n) is 3.72. The summed E-state index contributed by atoms with van der Waals surface area (Å²) >= 11 is 3.22. The number of benzene rings is 1. The Kier molecular flexibility index (Phi) is 3.48. The number of nitriles is 1. The van der Waals surface area contributed by atoms with Gasteiger partial charge >= 0.3 is 6.09 Å². The van der Waals surface area contributed by atoms with Crippen molar-refractivity contribution in [1.29, 1.82) is 5.26 Å². The number of carbonyl (C=O) groups excluding carboxylic acids is 1. The number of ether oxygens (including phenoxy) is 1. The molecule has 0 unspecified atom stereocenters. The summed E-state index contributed by atoms with van der Waals surface area (Å²) < 4.78 is 5.07. The third-order valence-electron chi connectivity index (χ3n) is 1.55. The Labute approximate surface area is 89.6 Å². The van der Waals surface area contributed by atoms with Crippen LogP contribution in [-0.2, 0) is 4.74 Å². The molecule has 4 nitrogen and oxygen atoms in total. The van der Waals surface area contributed by atoms with E-state index in [0.717, 1.165) is 0 Å². The number of methoxy groups -OCH3 is 1. The smallest absolute Gasteiger partial charge is 0.411 e. The first-order chi connectivity index (χ1) is 6.69. The monoisotopic (exact) mass is 254 g/mol. The molecule has 0 aliphatic carbocycles. The molecule has 1 amide bonds. The molecule has 72 valence electrons. The molecule has 1 aromatic rings. The number of halogens is 1. The number of amides is 1. The van der Waals surface area contributed by atoms with Crippen molar-refractivity contribution in [3.63, 3.8) is 0 Å². The Morgan fingerprint density at radius 1 is 1.64 bits per heavy atom. The van der Waals surface area contributed by atoms with E-state index in [1.807, 2.05) is 6.07 Å². The standard InChI is InChI=1S/C9H7BrN2O2/c1-14-9(13)12-8-6(5-11)3-2-4-7(8)10/h2-4H,1H3,(H,12,13). The highest BCUT2D eigenvalue weighted by Gasteiger charge is 2.09. The molecule has 0 radical (unpaired) electrons. The second-order valence-corrected chi connectivity index (χ2v) is 3.25. The van der Waals surface area contributed by atoms with Gasteiger partial charge in [-0.15, -0.1) is 0 Å². The molecule has 0 aliphatic heterocycles. The summed E-state index contributed by atoms with van der Waals surface area (Å²) in [5.41, 5.74) is 0.798. The zero-order chi connectivity index (χ0) is 10.6. The van der Waals surface area contributed by atoms with Crippen LogP contribution >= 0.6 is 15.9 Å². The summed E-state index contributed by atoms with van der Waals surface area (Å²) in [5, 5.41) is 11.2. The first kappa shape index (κ1) is 10.5. The van der Waals surface area contributed by atoms with E-state index in [0.29, 0.717) is 15.7 Å². The zero-order valence-corrected chi connectivity index (χ0v) is 8.96. The van der Waals surface area contributed by atoms with E-state index >= 15 is 0 Å². The number of para-hydroxylation sites is 1. The van der Waals surface area contributed by atoms with Crippen LogP contribution in [0.2, 0.25) is 0 Å². The van der Waals surface area contributed by atoms with E-state index in [4.69, 9.17) is 5.26 Å². The molecule has 1 N–H and O–H groups in total. The largest absolute Gasteiger partial charge is 0.453 e. The van der Waals surface area contributed by atoms with Gasteiger partial charge in [-0.05, 0) is 28.1 Å². The minimum Gasteiger partial charge on any atom is -0.453 e. The van der Waals surface area contributed by atoms with Crippen LogP contribution in [-0.4, -0.2) is 13.2 Å². The van der Waals surface area contributed by atoms with Crippen LogP contribution in [0.5, 0.6) is 0 Å². The van der Waals surface area contributed by atoms with E-state index in [1.165, 1.54) is 7.11 Å². The van der Waals surface area contributed by atoms with Crippen LogP contribution in [0.3, 0.4) is 0 Å². The number of nitrogens with one attached hydrogen (secondary N) is 1. The van der Waals surface area contributed by atoms with Crippen molar-refractivity contribution in [2.24, 2.45) is 0 Å². The molecule has 1 aromatic carbocycles. The van der Waals surface area contributed by atoms with Crippen molar-refractivity contribution in [1.82, 2.24) is 0 Å². The molecule has 0 spiro atoms. The van der Waals surface area contributed by atoms with E-state index < -0.39 is 6.09 Å². The lowest BCUT2D eigenvalue weighted by Gasteiger charge is -2.07. The van der Waals surface area contributed by atoms with E-state index in [9.17, 15) is 4.79 Å². The van der Waals surface area contributed by atoms with Gasteiger partial charge in [-0.1, -0.05) is 6.07 Å². The zero-order valence-electron chi connectivity index (χ0n) is 7.37. The third-order valence-corrected chi connectivity index (χ3v) is 2.21. The quantitative estimate of drug-likeness (QED) is 0.838. The van der Waals surface area contributed by atoms with Crippen molar-refractivity contribution in [3.8, 4) is 6.07 Å². The van der Waals surface area contributed by atoms with E-state index in [-0.39, 0.29) is 0 Å². The fraction of sp³-hybridized carbons (Fsp3) is 0.111. The van der Waals surface area contributed by atoms with Crippen LogP contribution in [0.15, 0.2) is 22.7 Å². The predicted molar refractivity (Wildman–Crippen MR) is 54.9 cm³/mol. The predicted octanol–water partition coefficient (Wildman–Crippen LogP) is 2.50. The molecule has 0 heterocycles. The Hall–Kier alpha value is -1.54. The van der Waals surface area contributed by atoms with Crippen molar-refractivity contribution >= 4 is 27.7 Å². The van der Waals surface area contributed by atoms with Gasteiger partial charge in [0.2, 0.25) is 0 Å². The van der Waals surface area contributed by atoms with E-state index in [1.54, 1.807) is 18.2 Å². The molecule has 0 saturated carbocycles. The molecule has 0 bridgehead atoms. The lowest BCUT2D eigenvalue weighted by molar-refractivity contribution is 0.187. The van der Waals surface area contributed by atoms with Gasteiger partial charge in [0.05, 0.1) is 18.4 Å². The average molecular weight is 255 g/mol. The Morgan fingerprint density at radius 3 is 2.93 bits per heavy atom. The van der Waals surface area contributed by atoms with Gasteiger partial charge in [-0.2, -0.15) is 5.26 Å². The van der Waals surface area contributed by atoms with Crippen LogP contribution in [0.25, 0.3) is 0 Å². The molecular weight excluding hydrogens is 248 g/mol. The van der Waals surface area contributed by atoms with Gasteiger partial charge in [-0.3, -0.25) is 5.32 Å². The summed E-state index contributed by atoms with van der Waals surface area (Å²) in [6.07, 6.45) is -0.603. The first-order valence-corrected chi connectivity index (χ1v) is 4.52. The lowest BCUT2D eigenvalue weighted by Crippen LogP contribution is -2.12. The number of rotatable bonds is 1. The van der Waals surface area contributed by atoms with Crippen molar-refractivity contribution in [3.05, 3.63) is 28.2 Å². The molecule has 0 fully saturated rings. The topological polar surface area (TPSA) is 62.1 Å². The Morgan fingerprint density at radius 2 is 2.36 bits per heavy atom. The third kappa shape index (κ3) is 2.24. The minimum atomic E-state index is -0.603. The molecular formula is C9H7BrN2O2. The van der Waals surface area contributed by atoms with Gasteiger partial charge in [0.1, 0.15) is 6.07 Å². The molecule has 1 rings (SSSR count). The second-order valence-electron chi connectivity index (χ2n) is 2.39. The van der Waals surface area contributed by atoms with Crippen LogP contribution in [0.4, 0.5) is 10.5 Å². The lowest BCUT2D eigenvalue weighted by atomic mass is 10.2. The summed E-state index contributed by atoms with van der Waals surface area (Å²) in [5.74, 6) is 0. The van der Waals surface area contributed by atoms with Gasteiger partial charge in [-0.25, -0.2) is 4.79 Å². The summed E-state index contributed by atoms with van der Waals surface area (Å²) in [7, 11) is 1.26. The molecule has 14 heavy (non-hydrogen) atoms. The van der Waals surface area contributed by atoms with Gasteiger partial charge in [0.25, 0.3) is 0 Å². The highest BCUT2D eigenvalue weighted by atomic mass is 79.9. The molecule has 0 aromatic heterocycles. The van der Waals surface area contributed by atoms with Gasteiger partial charge in [0.15, 0.2) is 0 Å². The normalized spacial score (nSPS) is 8.93.